The molecule has 39 heavy (non-hydrogen) atoms. The van der Waals surface area contributed by atoms with Gasteiger partial charge in [-0.05, 0) is 55.7 Å². The van der Waals surface area contributed by atoms with Crippen LogP contribution in [0.15, 0.2) is 41.3 Å². The summed E-state index contributed by atoms with van der Waals surface area (Å²) in [6, 6.07) is 10.4. The molecule has 1 aromatic heterocycles. The van der Waals surface area contributed by atoms with Gasteiger partial charge in [0.15, 0.2) is 5.13 Å². The Labute approximate surface area is 234 Å². The van der Waals surface area contributed by atoms with Gasteiger partial charge in [-0.15, -0.1) is 0 Å². The van der Waals surface area contributed by atoms with E-state index in [0.717, 1.165) is 74.8 Å². The van der Waals surface area contributed by atoms with Crippen LogP contribution < -0.4 is 15.0 Å². The minimum atomic E-state index is -3.52. The summed E-state index contributed by atoms with van der Waals surface area (Å²) in [5.41, 5.74) is 2.60. The number of nitrogens with one attached hydrogen (secondary N) is 1. The molecule has 2 fully saturated rings. The second-order valence-electron chi connectivity index (χ2n) is 10.2. The standard InChI is InChI=1S/C28H37N5O4S2/c1-21-7-12-24(37-2)25-26(21)38-28(30-25)32-19-17-31(18-20-32)16-13-29-27(34)22-8-10-23(11-9-22)39(35,36)33-14-5-3-4-6-15-33/h7-12H,3-6,13-20H2,1-2H3,(H,29,34). The van der Waals surface area contributed by atoms with E-state index < -0.39 is 10.0 Å². The van der Waals surface area contributed by atoms with Gasteiger partial charge >= 0.3 is 0 Å². The molecule has 2 aliphatic rings. The van der Waals surface area contributed by atoms with Crippen molar-refractivity contribution in [2.75, 3.05) is 64.4 Å². The topological polar surface area (TPSA) is 95.1 Å². The Hall–Kier alpha value is -2.73. The van der Waals surface area contributed by atoms with E-state index in [0.29, 0.717) is 25.2 Å². The van der Waals surface area contributed by atoms with Crippen LogP contribution in [0.25, 0.3) is 10.2 Å². The first-order chi connectivity index (χ1) is 18.9. The summed E-state index contributed by atoms with van der Waals surface area (Å²) in [4.78, 5) is 22.5. The number of nitrogens with zero attached hydrogens (tertiary/aromatic N) is 4. The molecule has 0 unspecified atom stereocenters. The fourth-order valence-electron chi connectivity index (χ4n) is 5.20. The maximum absolute atomic E-state index is 13.0. The molecule has 210 valence electrons. The number of piperazine rings is 1. The van der Waals surface area contributed by atoms with Crippen molar-refractivity contribution >= 4 is 42.6 Å². The van der Waals surface area contributed by atoms with Gasteiger partial charge in [0.05, 0.1) is 16.7 Å². The number of carbonyl (C=O) groups is 1. The van der Waals surface area contributed by atoms with Gasteiger partial charge in [-0.1, -0.05) is 30.2 Å². The molecule has 0 bridgehead atoms. The molecule has 3 heterocycles. The van der Waals surface area contributed by atoms with Crippen LogP contribution in [-0.4, -0.2) is 88.0 Å². The number of anilines is 1. The molecule has 1 N–H and O–H groups in total. The van der Waals surface area contributed by atoms with Crippen molar-refractivity contribution in [1.29, 1.82) is 0 Å². The smallest absolute Gasteiger partial charge is 0.251 e. The largest absolute Gasteiger partial charge is 0.494 e. The van der Waals surface area contributed by atoms with E-state index >= 15 is 0 Å². The monoisotopic (exact) mass is 571 g/mol. The lowest BCUT2D eigenvalue weighted by molar-refractivity contribution is 0.0947. The SMILES string of the molecule is COc1ccc(C)c2sc(N3CCN(CCNC(=O)c4ccc(S(=O)(=O)N5CCCCCC5)cc4)CC3)nc12. The number of hydrogen-bond donors (Lipinski definition) is 1. The van der Waals surface area contributed by atoms with E-state index in [1.807, 2.05) is 6.07 Å². The molecule has 0 radical (unpaired) electrons. The van der Waals surface area contributed by atoms with Crippen molar-refractivity contribution < 1.29 is 17.9 Å². The van der Waals surface area contributed by atoms with Gasteiger partial charge in [-0.25, -0.2) is 13.4 Å². The Kier molecular flexibility index (Phi) is 8.70. The third kappa shape index (κ3) is 6.21. The van der Waals surface area contributed by atoms with E-state index in [9.17, 15) is 13.2 Å². The Morgan fingerprint density at radius 3 is 2.33 bits per heavy atom. The predicted molar refractivity (Wildman–Crippen MR) is 156 cm³/mol. The summed E-state index contributed by atoms with van der Waals surface area (Å²) < 4.78 is 34.2. The Bertz CT molecular complexity index is 1390. The molecule has 11 heteroatoms. The molecule has 2 aromatic carbocycles. The van der Waals surface area contributed by atoms with Gasteiger partial charge < -0.3 is 15.0 Å². The lowest BCUT2D eigenvalue weighted by Crippen LogP contribution is -2.48. The first-order valence-corrected chi connectivity index (χ1v) is 15.9. The molecule has 0 saturated carbocycles. The predicted octanol–water partition coefficient (Wildman–Crippen LogP) is 3.73. The van der Waals surface area contributed by atoms with Crippen LogP contribution in [0.1, 0.15) is 41.6 Å². The highest BCUT2D eigenvalue weighted by Crippen LogP contribution is 2.36. The Balaban J connectivity index is 1.09. The van der Waals surface area contributed by atoms with Crippen molar-refractivity contribution in [2.45, 2.75) is 37.5 Å². The number of thiazole rings is 1. The van der Waals surface area contributed by atoms with Crippen LogP contribution in [0.5, 0.6) is 5.75 Å². The molecule has 2 saturated heterocycles. The van der Waals surface area contributed by atoms with Crippen LogP contribution in [0.4, 0.5) is 5.13 Å². The van der Waals surface area contributed by atoms with Gasteiger partial charge in [0.1, 0.15) is 11.3 Å². The number of rotatable bonds is 8. The summed E-state index contributed by atoms with van der Waals surface area (Å²) >= 11 is 1.71. The van der Waals surface area contributed by atoms with Crippen LogP contribution in [0.3, 0.4) is 0 Å². The maximum Gasteiger partial charge on any atom is 0.251 e. The van der Waals surface area contributed by atoms with E-state index in [4.69, 9.17) is 9.72 Å². The molecule has 0 spiro atoms. The molecule has 1 amide bonds. The molecular weight excluding hydrogens is 534 g/mol. The van der Waals surface area contributed by atoms with E-state index in [-0.39, 0.29) is 10.8 Å². The lowest BCUT2D eigenvalue weighted by Gasteiger charge is -2.34. The molecule has 5 rings (SSSR count). The van der Waals surface area contributed by atoms with Gasteiger partial charge in [0, 0.05) is 57.9 Å². The van der Waals surface area contributed by atoms with Crippen LogP contribution in [0, 0.1) is 6.92 Å². The lowest BCUT2D eigenvalue weighted by atomic mass is 10.2. The summed E-state index contributed by atoms with van der Waals surface area (Å²) in [5.74, 6) is 0.618. The first-order valence-electron chi connectivity index (χ1n) is 13.7. The summed E-state index contributed by atoms with van der Waals surface area (Å²) in [7, 11) is -1.84. The van der Waals surface area contributed by atoms with E-state index in [1.165, 1.54) is 10.3 Å². The van der Waals surface area contributed by atoms with Crippen LogP contribution in [-0.2, 0) is 10.0 Å². The maximum atomic E-state index is 13.0. The molecular formula is C28H37N5O4S2. The highest BCUT2D eigenvalue weighted by atomic mass is 32.2. The number of sulfonamides is 1. The number of amides is 1. The van der Waals surface area contributed by atoms with Gasteiger partial charge in [0.2, 0.25) is 10.0 Å². The highest BCUT2D eigenvalue weighted by Gasteiger charge is 2.25. The fourth-order valence-corrected chi connectivity index (χ4v) is 7.82. The van der Waals surface area contributed by atoms with Crippen LogP contribution in [0.2, 0.25) is 0 Å². The normalized spacial score (nSPS) is 17.7. The number of aryl methyl sites for hydroxylation is 1. The third-order valence-corrected chi connectivity index (χ3v) is 10.8. The zero-order valence-corrected chi connectivity index (χ0v) is 24.3. The number of aromatic nitrogens is 1. The first kappa shape index (κ1) is 27.8. The minimum Gasteiger partial charge on any atom is -0.494 e. The van der Waals surface area contributed by atoms with Crippen LogP contribution >= 0.6 is 11.3 Å². The van der Waals surface area contributed by atoms with Crippen molar-refractivity contribution in [3.05, 3.63) is 47.5 Å². The second-order valence-corrected chi connectivity index (χ2v) is 13.1. The summed E-state index contributed by atoms with van der Waals surface area (Å²) in [6.07, 6.45) is 3.93. The number of ether oxygens (including phenoxy) is 1. The van der Waals surface area contributed by atoms with E-state index in [1.54, 1.807) is 47.0 Å². The number of fused-ring (bicyclic) bond motifs is 1. The zero-order valence-electron chi connectivity index (χ0n) is 22.7. The fraction of sp³-hybridized carbons (Fsp3) is 0.500. The minimum absolute atomic E-state index is 0.189. The number of benzene rings is 2. The highest BCUT2D eigenvalue weighted by molar-refractivity contribution is 7.89. The van der Waals surface area contributed by atoms with Crippen molar-refractivity contribution in [1.82, 2.24) is 19.5 Å². The van der Waals surface area contributed by atoms with E-state index in [2.05, 4.69) is 28.1 Å². The molecule has 0 aliphatic carbocycles. The average Bonchev–Trinajstić information content (AvgIpc) is 3.22. The molecule has 3 aromatic rings. The van der Waals surface area contributed by atoms with Gasteiger partial charge in [0.25, 0.3) is 5.91 Å². The quantitative estimate of drug-likeness (QED) is 0.440. The van der Waals surface area contributed by atoms with Crippen molar-refractivity contribution in [2.24, 2.45) is 0 Å². The van der Waals surface area contributed by atoms with Gasteiger partial charge in [-0.2, -0.15) is 4.31 Å². The average molecular weight is 572 g/mol. The Morgan fingerprint density at radius 2 is 1.67 bits per heavy atom. The Morgan fingerprint density at radius 1 is 0.974 bits per heavy atom. The molecule has 2 aliphatic heterocycles. The van der Waals surface area contributed by atoms with Gasteiger partial charge in [-0.3, -0.25) is 9.69 Å². The number of carbonyl (C=O) groups excluding carboxylic acids is 1. The summed E-state index contributed by atoms with van der Waals surface area (Å²) in [6.45, 7) is 8.06. The van der Waals surface area contributed by atoms with Crippen molar-refractivity contribution in [3.63, 3.8) is 0 Å². The summed E-state index contributed by atoms with van der Waals surface area (Å²) in [5, 5.41) is 4.00. The molecule has 9 nitrogen and oxygen atoms in total. The second kappa shape index (κ2) is 12.2. The zero-order chi connectivity index (χ0) is 27.4. The van der Waals surface area contributed by atoms with Crippen molar-refractivity contribution in [3.8, 4) is 5.75 Å². The molecule has 0 atom stereocenters. The third-order valence-electron chi connectivity index (χ3n) is 7.59. The number of methoxy groups -OCH3 is 1. The number of hydrogen-bond acceptors (Lipinski definition) is 8.